The van der Waals surface area contributed by atoms with Gasteiger partial charge in [-0.1, -0.05) is 0 Å². The quantitative estimate of drug-likeness (QED) is 0.728. The smallest absolute Gasteiger partial charge is 0.309 e. The number of hydrogen-bond acceptors (Lipinski definition) is 3. The minimum atomic E-state index is -0.237. The Morgan fingerprint density at radius 1 is 1.12 bits per heavy atom. The molecular formula is C13H19NO3. The highest BCUT2D eigenvalue weighted by molar-refractivity contribution is 5.90. The van der Waals surface area contributed by atoms with Crippen LogP contribution in [0, 0.1) is 23.7 Å². The molecule has 0 radical (unpaired) electrons. The van der Waals surface area contributed by atoms with E-state index in [1.54, 1.807) is 0 Å². The van der Waals surface area contributed by atoms with Crippen molar-refractivity contribution >= 4 is 11.9 Å². The molecule has 0 unspecified atom stereocenters. The molecule has 0 aromatic carbocycles. The van der Waals surface area contributed by atoms with Crippen molar-refractivity contribution < 1.29 is 14.3 Å². The molecule has 4 heteroatoms. The lowest BCUT2D eigenvalue weighted by Crippen LogP contribution is -2.39. The lowest BCUT2D eigenvalue weighted by molar-refractivity contribution is -0.143. The molecule has 0 aromatic heterocycles. The number of nitrogens with one attached hydrogen (secondary N) is 1. The van der Waals surface area contributed by atoms with Crippen molar-refractivity contribution in [3.05, 3.63) is 0 Å². The Kier molecular flexibility index (Phi) is 2.60. The van der Waals surface area contributed by atoms with Crippen molar-refractivity contribution in [1.82, 2.24) is 5.32 Å². The van der Waals surface area contributed by atoms with Gasteiger partial charge >= 0.3 is 5.97 Å². The molecule has 0 aromatic rings. The van der Waals surface area contributed by atoms with Crippen LogP contribution >= 0.6 is 0 Å². The maximum absolute atomic E-state index is 12.0. The van der Waals surface area contributed by atoms with Gasteiger partial charge in [0.2, 0.25) is 5.91 Å². The zero-order valence-corrected chi connectivity index (χ0v) is 10.1. The number of amides is 1. The van der Waals surface area contributed by atoms with Gasteiger partial charge in [-0.05, 0) is 43.9 Å². The summed E-state index contributed by atoms with van der Waals surface area (Å²) >= 11 is 0. The fraction of sp³-hybridized carbons (Fsp3) is 0.846. The summed E-state index contributed by atoms with van der Waals surface area (Å²) in [5.74, 6) is 0.953. The van der Waals surface area contributed by atoms with E-state index in [1.807, 2.05) is 0 Å². The molecule has 0 aliphatic heterocycles. The SMILES string of the molecule is COC(=O)[C@@H]1C[C@H]1C(=O)NC(C1CC1)C1CC1. The van der Waals surface area contributed by atoms with E-state index in [-0.39, 0.29) is 23.7 Å². The fourth-order valence-electron chi connectivity index (χ4n) is 2.70. The molecule has 94 valence electrons. The summed E-state index contributed by atoms with van der Waals surface area (Å²) in [7, 11) is 1.38. The van der Waals surface area contributed by atoms with Crippen LogP contribution in [-0.4, -0.2) is 25.0 Å². The summed E-state index contributed by atoms with van der Waals surface area (Å²) in [6.07, 6.45) is 5.69. The number of carbonyl (C=O) groups excluding carboxylic acids is 2. The molecule has 3 rings (SSSR count). The highest BCUT2D eigenvalue weighted by atomic mass is 16.5. The predicted octanol–water partition coefficient (Wildman–Crippen LogP) is 1.10. The topological polar surface area (TPSA) is 55.4 Å². The fourth-order valence-corrected chi connectivity index (χ4v) is 2.70. The van der Waals surface area contributed by atoms with E-state index in [1.165, 1.54) is 32.8 Å². The molecule has 1 N–H and O–H groups in total. The van der Waals surface area contributed by atoms with Gasteiger partial charge in [-0.2, -0.15) is 0 Å². The minimum Gasteiger partial charge on any atom is -0.469 e. The number of methoxy groups -OCH3 is 1. The van der Waals surface area contributed by atoms with Crippen LogP contribution in [0.1, 0.15) is 32.1 Å². The number of rotatable bonds is 5. The van der Waals surface area contributed by atoms with Crippen molar-refractivity contribution in [1.29, 1.82) is 0 Å². The van der Waals surface area contributed by atoms with Gasteiger partial charge < -0.3 is 10.1 Å². The molecule has 1 amide bonds. The van der Waals surface area contributed by atoms with Crippen LogP contribution in [0.5, 0.6) is 0 Å². The first-order chi connectivity index (χ1) is 8.20. The first-order valence-electron chi connectivity index (χ1n) is 6.59. The molecule has 3 aliphatic rings. The maximum Gasteiger partial charge on any atom is 0.309 e. The van der Waals surface area contributed by atoms with E-state index in [0.29, 0.717) is 24.3 Å². The lowest BCUT2D eigenvalue weighted by atomic mass is 10.1. The Labute approximate surface area is 101 Å². The molecule has 0 heterocycles. The average molecular weight is 237 g/mol. The number of esters is 1. The Balaban J connectivity index is 1.51. The summed E-state index contributed by atoms with van der Waals surface area (Å²) < 4.78 is 4.66. The molecule has 0 bridgehead atoms. The minimum absolute atomic E-state index is 0.0733. The number of ether oxygens (including phenoxy) is 1. The summed E-state index contributed by atoms with van der Waals surface area (Å²) in [5, 5.41) is 3.17. The molecule has 17 heavy (non-hydrogen) atoms. The van der Waals surface area contributed by atoms with E-state index in [2.05, 4.69) is 10.1 Å². The molecular weight excluding hydrogens is 218 g/mol. The molecule has 0 saturated heterocycles. The number of hydrogen-bond donors (Lipinski definition) is 1. The first kappa shape index (κ1) is 11.1. The van der Waals surface area contributed by atoms with E-state index in [0.717, 1.165) is 0 Å². The molecule has 3 saturated carbocycles. The third kappa shape index (κ3) is 2.31. The van der Waals surface area contributed by atoms with Crippen LogP contribution in [0.2, 0.25) is 0 Å². The second kappa shape index (κ2) is 4.00. The second-order valence-electron chi connectivity index (χ2n) is 5.68. The summed E-state index contributed by atoms with van der Waals surface area (Å²) in [5.41, 5.74) is 0. The van der Waals surface area contributed by atoms with Crippen LogP contribution in [0.25, 0.3) is 0 Å². The number of carbonyl (C=O) groups is 2. The van der Waals surface area contributed by atoms with Crippen LogP contribution in [0.3, 0.4) is 0 Å². The third-order valence-electron chi connectivity index (χ3n) is 4.20. The Bertz CT molecular complexity index is 335. The van der Waals surface area contributed by atoms with Crippen LogP contribution in [0.15, 0.2) is 0 Å². The van der Waals surface area contributed by atoms with Crippen molar-refractivity contribution in [2.24, 2.45) is 23.7 Å². The van der Waals surface area contributed by atoms with Crippen molar-refractivity contribution in [2.45, 2.75) is 38.1 Å². The molecule has 4 nitrogen and oxygen atoms in total. The van der Waals surface area contributed by atoms with Gasteiger partial charge in [0.1, 0.15) is 0 Å². The van der Waals surface area contributed by atoms with Crippen LogP contribution in [0.4, 0.5) is 0 Å². The van der Waals surface area contributed by atoms with E-state index < -0.39 is 0 Å². The molecule has 3 fully saturated rings. The Morgan fingerprint density at radius 2 is 1.71 bits per heavy atom. The van der Waals surface area contributed by atoms with E-state index in [9.17, 15) is 9.59 Å². The van der Waals surface area contributed by atoms with Gasteiger partial charge in [0.05, 0.1) is 18.9 Å². The van der Waals surface area contributed by atoms with Crippen LogP contribution in [-0.2, 0) is 14.3 Å². The summed E-state index contributed by atoms with van der Waals surface area (Å²) in [6, 6.07) is 0.390. The van der Waals surface area contributed by atoms with Crippen LogP contribution < -0.4 is 5.32 Å². The van der Waals surface area contributed by atoms with Gasteiger partial charge in [0.25, 0.3) is 0 Å². The van der Waals surface area contributed by atoms with Gasteiger partial charge in [0, 0.05) is 6.04 Å². The lowest BCUT2D eigenvalue weighted by Gasteiger charge is -2.17. The van der Waals surface area contributed by atoms with E-state index in [4.69, 9.17) is 0 Å². The van der Waals surface area contributed by atoms with Crippen molar-refractivity contribution in [2.75, 3.05) is 7.11 Å². The monoisotopic (exact) mass is 237 g/mol. The largest absolute Gasteiger partial charge is 0.469 e. The summed E-state index contributed by atoms with van der Waals surface area (Å²) in [6.45, 7) is 0. The Hall–Kier alpha value is -1.06. The first-order valence-corrected chi connectivity index (χ1v) is 6.59. The normalized spacial score (nSPS) is 31.2. The van der Waals surface area contributed by atoms with Crippen molar-refractivity contribution in [3.8, 4) is 0 Å². The van der Waals surface area contributed by atoms with Gasteiger partial charge in [-0.25, -0.2) is 0 Å². The zero-order valence-electron chi connectivity index (χ0n) is 10.1. The highest BCUT2D eigenvalue weighted by Gasteiger charge is 2.51. The molecule has 2 atom stereocenters. The van der Waals surface area contributed by atoms with Gasteiger partial charge in [-0.15, -0.1) is 0 Å². The van der Waals surface area contributed by atoms with Gasteiger partial charge in [0.15, 0.2) is 0 Å². The predicted molar refractivity (Wildman–Crippen MR) is 61.0 cm³/mol. The standard InChI is InChI=1S/C13H19NO3/c1-17-13(16)10-6-9(10)12(15)14-11(7-2-3-7)8-4-5-8/h7-11H,2-6H2,1H3,(H,14,15)/t9-,10-/m1/s1. The zero-order chi connectivity index (χ0) is 12.0. The third-order valence-corrected chi connectivity index (χ3v) is 4.20. The second-order valence-corrected chi connectivity index (χ2v) is 5.68. The molecule has 3 aliphatic carbocycles. The molecule has 0 spiro atoms. The highest BCUT2D eigenvalue weighted by Crippen LogP contribution is 2.46. The maximum atomic E-state index is 12.0. The van der Waals surface area contributed by atoms with Crippen molar-refractivity contribution in [3.63, 3.8) is 0 Å². The summed E-state index contributed by atoms with van der Waals surface area (Å²) in [4.78, 5) is 23.3. The van der Waals surface area contributed by atoms with Gasteiger partial charge in [-0.3, -0.25) is 9.59 Å². The van der Waals surface area contributed by atoms with E-state index >= 15 is 0 Å². The Morgan fingerprint density at radius 3 is 2.18 bits per heavy atom. The average Bonchev–Trinajstić information content (AvgIpc) is 3.18.